The number of imidazole rings is 1. The van der Waals surface area contributed by atoms with Crippen LogP contribution in [-0.4, -0.2) is 28.3 Å². The van der Waals surface area contributed by atoms with Gasteiger partial charge in [-0.1, -0.05) is 18.2 Å². The van der Waals surface area contributed by atoms with E-state index in [1.807, 2.05) is 0 Å². The molecule has 0 unspecified atom stereocenters. The molecule has 148 valence electrons. The number of aryl methyl sites for hydroxylation is 1. The molecule has 0 radical (unpaired) electrons. The number of hydrogen-bond donors (Lipinski definition) is 2. The van der Waals surface area contributed by atoms with Gasteiger partial charge in [0.2, 0.25) is 11.9 Å². The number of nitrogens with one attached hydrogen (secondary N) is 2. The van der Waals surface area contributed by atoms with E-state index in [0.717, 1.165) is 3.97 Å². The van der Waals surface area contributed by atoms with Gasteiger partial charge in [-0.2, -0.15) is 0 Å². The molecule has 2 N–H and O–H groups in total. The molecule has 0 fully saturated rings. The van der Waals surface area contributed by atoms with Crippen molar-refractivity contribution in [1.29, 1.82) is 0 Å². The first-order valence-corrected chi connectivity index (χ1v) is 10.2. The number of carbonyl (C=O) groups excluding carboxylic acids is 1. The number of nitrogens with zero attached hydrogens (tertiary/aromatic N) is 2. The lowest BCUT2D eigenvalue weighted by atomic mass is 10.1. The molecule has 4 rings (SSSR count). The molecule has 4 aromatic rings. The maximum atomic E-state index is 14.0. The van der Waals surface area contributed by atoms with Gasteiger partial charge in [0.25, 0.3) is 10.0 Å². The minimum absolute atomic E-state index is 0.116. The van der Waals surface area contributed by atoms with Crippen LogP contribution in [0.2, 0.25) is 0 Å². The van der Waals surface area contributed by atoms with Crippen LogP contribution >= 0.6 is 0 Å². The van der Waals surface area contributed by atoms with E-state index in [1.165, 1.54) is 43.5 Å². The highest BCUT2D eigenvalue weighted by molar-refractivity contribution is 7.90. The Balaban J connectivity index is 1.97. The highest BCUT2D eigenvalue weighted by Gasteiger charge is 2.24. The summed E-state index contributed by atoms with van der Waals surface area (Å²) in [6, 6.07) is 11.9. The molecule has 2 heterocycles. The normalized spacial score (nSPS) is 11.7. The molecule has 2 aromatic carbocycles. The Morgan fingerprint density at radius 3 is 2.59 bits per heavy atom. The summed E-state index contributed by atoms with van der Waals surface area (Å²) in [5.74, 6) is -0.567. The molecule has 9 heteroatoms. The molecular weight excluding hydrogens is 395 g/mol. The van der Waals surface area contributed by atoms with Gasteiger partial charge >= 0.3 is 0 Å². The first kappa shape index (κ1) is 18.9. The second kappa shape index (κ2) is 6.85. The van der Waals surface area contributed by atoms with E-state index in [2.05, 4.69) is 15.3 Å². The molecule has 0 spiro atoms. The van der Waals surface area contributed by atoms with Crippen LogP contribution in [-0.2, 0) is 14.8 Å². The third kappa shape index (κ3) is 3.29. The average Bonchev–Trinajstić information content (AvgIpc) is 3.22. The SMILES string of the molecule is CC(=O)Nc1nc(-c2cn(S(=O)(=O)c3ccccc3)c3ccc(F)cc23)c(C)[nH]1. The maximum absolute atomic E-state index is 14.0. The molecule has 29 heavy (non-hydrogen) atoms. The first-order chi connectivity index (χ1) is 13.8. The van der Waals surface area contributed by atoms with E-state index in [1.54, 1.807) is 25.1 Å². The number of carbonyl (C=O) groups is 1. The number of aromatic nitrogens is 3. The fourth-order valence-electron chi connectivity index (χ4n) is 3.21. The van der Waals surface area contributed by atoms with Crippen LogP contribution in [0.5, 0.6) is 0 Å². The first-order valence-electron chi connectivity index (χ1n) is 8.73. The summed E-state index contributed by atoms with van der Waals surface area (Å²) in [6.07, 6.45) is 1.42. The van der Waals surface area contributed by atoms with Gasteiger partial charge in [-0.3, -0.25) is 10.1 Å². The number of H-pyrrole nitrogens is 1. The number of anilines is 1. The summed E-state index contributed by atoms with van der Waals surface area (Å²) >= 11 is 0. The number of rotatable bonds is 4. The fraction of sp³-hybridized carbons (Fsp3) is 0.100. The Labute approximate surface area is 166 Å². The lowest BCUT2D eigenvalue weighted by Gasteiger charge is -2.07. The van der Waals surface area contributed by atoms with Crippen molar-refractivity contribution in [3.05, 3.63) is 66.2 Å². The summed E-state index contributed by atoms with van der Waals surface area (Å²) < 4.78 is 41.5. The van der Waals surface area contributed by atoms with Gasteiger partial charge in [0.1, 0.15) is 5.82 Å². The number of amides is 1. The maximum Gasteiger partial charge on any atom is 0.268 e. The van der Waals surface area contributed by atoms with Crippen molar-refractivity contribution in [3.8, 4) is 11.3 Å². The molecule has 0 bridgehead atoms. The van der Waals surface area contributed by atoms with Crippen LogP contribution in [0.25, 0.3) is 22.2 Å². The lowest BCUT2D eigenvalue weighted by Crippen LogP contribution is -2.11. The van der Waals surface area contributed by atoms with Crippen molar-refractivity contribution in [3.63, 3.8) is 0 Å². The smallest absolute Gasteiger partial charge is 0.268 e. The van der Waals surface area contributed by atoms with E-state index in [9.17, 15) is 17.6 Å². The Morgan fingerprint density at radius 1 is 1.17 bits per heavy atom. The number of benzene rings is 2. The monoisotopic (exact) mass is 412 g/mol. The van der Waals surface area contributed by atoms with Gasteiger partial charge in [-0.05, 0) is 37.3 Å². The van der Waals surface area contributed by atoms with E-state index in [4.69, 9.17) is 0 Å². The largest absolute Gasteiger partial charge is 0.328 e. The Hall–Kier alpha value is -3.46. The van der Waals surface area contributed by atoms with Gasteiger partial charge in [0.15, 0.2) is 0 Å². The molecule has 0 aliphatic carbocycles. The van der Waals surface area contributed by atoms with Crippen molar-refractivity contribution < 1.29 is 17.6 Å². The van der Waals surface area contributed by atoms with Crippen LogP contribution in [0.15, 0.2) is 59.6 Å². The molecule has 0 aliphatic heterocycles. The summed E-state index contributed by atoms with van der Waals surface area (Å²) in [6.45, 7) is 3.09. The zero-order valence-electron chi connectivity index (χ0n) is 15.6. The quantitative estimate of drug-likeness (QED) is 0.534. The molecular formula is C20H17FN4O3S. The Morgan fingerprint density at radius 2 is 1.90 bits per heavy atom. The Kier molecular flexibility index (Phi) is 4.46. The highest BCUT2D eigenvalue weighted by atomic mass is 32.2. The van der Waals surface area contributed by atoms with Crippen LogP contribution < -0.4 is 5.32 Å². The number of fused-ring (bicyclic) bond motifs is 1. The lowest BCUT2D eigenvalue weighted by molar-refractivity contribution is -0.114. The predicted octanol–water partition coefficient (Wildman–Crippen LogP) is 3.67. The van der Waals surface area contributed by atoms with E-state index < -0.39 is 15.8 Å². The minimum Gasteiger partial charge on any atom is -0.328 e. The standard InChI is InChI=1S/C20H17FN4O3S/c1-12-19(24-20(22-12)23-13(2)26)17-11-25(18-9-8-14(21)10-16(17)18)29(27,28)15-6-4-3-5-7-15/h3-11H,1-2H3,(H2,22,23,24,26). The van der Waals surface area contributed by atoms with Gasteiger partial charge in [-0.25, -0.2) is 21.8 Å². The van der Waals surface area contributed by atoms with E-state index in [-0.39, 0.29) is 16.8 Å². The third-order valence-electron chi connectivity index (χ3n) is 4.47. The van der Waals surface area contributed by atoms with Crippen molar-refractivity contribution in [1.82, 2.24) is 13.9 Å². The number of hydrogen-bond acceptors (Lipinski definition) is 4. The van der Waals surface area contributed by atoms with Crippen molar-refractivity contribution in [2.24, 2.45) is 0 Å². The van der Waals surface area contributed by atoms with Gasteiger partial charge in [0, 0.05) is 29.8 Å². The van der Waals surface area contributed by atoms with Gasteiger partial charge < -0.3 is 4.98 Å². The molecule has 1 amide bonds. The molecule has 7 nitrogen and oxygen atoms in total. The van der Waals surface area contributed by atoms with E-state index in [0.29, 0.717) is 27.9 Å². The van der Waals surface area contributed by atoms with E-state index >= 15 is 0 Å². The van der Waals surface area contributed by atoms with Gasteiger partial charge in [-0.15, -0.1) is 0 Å². The fourth-order valence-corrected chi connectivity index (χ4v) is 4.61. The average molecular weight is 412 g/mol. The van der Waals surface area contributed by atoms with Crippen LogP contribution in [0.3, 0.4) is 0 Å². The van der Waals surface area contributed by atoms with Gasteiger partial charge in [0.05, 0.1) is 16.1 Å². The van der Waals surface area contributed by atoms with Crippen LogP contribution in [0.1, 0.15) is 12.6 Å². The summed E-state index contributed by atoms with van der Waals surface area (Å²) in [7, 11) is -3.90. The second-order valence-corrected chi connectivity index (χ2v) is 8.37. The molecule has 0 saturated heterocycles. The predicted molar refractivity (Wildman–Crippen MR) is 108 cm³/mol. The number of halogens is 1. The highest BCUT2D eigenvalue weighted by Crippen LogP contribution is 2.34. The van der Waals surface area contributed by atoms with Crippen molar-refractivity contribution >= 4 is 32.8 Å². The molecule has 0 aliphatic rings. The zero-order chi connectivity index (χ0) is 20.8. The van der Waals surface area contributed by atoms with Crippen molar-refractivity contribution in [2.75, 3.05) is 5.32 Å². The minimum atomic E-state index is -3.90. The summed E-state index contributed by atoms with van der Waals surface area (Å²) in [5, 5.41) is 2.95. The number of aromatic amines is 1. The molecule has 0 atom stereocenters. The summed E-state index contributed by atoms with van der Waals surface area (Å²) in [5.41, 5.74) is 1.79. The van der Waals surface area contributed by atoms with Crippen LogP contribution in [0, 0.1) is 12.7 Å². The molecule has 2 aromatic heterocycles. The molecule has 0 saturated carbocycles. The van der Waals surface area contributed by atoms with Crippen molar-refractivity contribution in [2.45, 2.75) is 18.7 Å². The summed E-state index contributed by atoms with van der Waals surface area (Å²) in [4.78, 5) is 18.7. The zero-order valence-corrected chi connectivity index (χ0v) is 16.4. The van der Waals surface area contributed by atoms with Crippen LogP contribution in [0.4, 0.5) is 10.3 Å². The second-order valence-electron chi connectivity index (χ2n) is 6.56. The topological polar surface area (TPSA) is 96.8 Å². The Bertz CT molecular complexity index is 1340. The third-order valence-corrected chi connectivity index (χ3v) is 6.15.